The third-order valence-corrected chi connectivity index (χ3v) is 4.14. The van der Waals surface area contributed by atoms with Crippen molar-refractivity contribution in [2.75, 3.05) is 19.7 Å². The summed E-state index contributed by atoms with van der Waals surface area (Å²) >= 11 is 0. The van der Waals surface area contributed by atoms with Gasteiger partial charge in [0.15, 0.2) is 0 Å². The first-order chi connectivity index (χ1) is 7.65. The van der Waals surface area contributed by atoms with Crippen LogP contribution in [0.15, 0.2) is 0 Å². The Morgan fingerprint density at radius 2 is 2.06 bits per heavy atom. The number of hydrogen-bond donors (Lipinski definition) is 2. The molecule has 0 radical (unpaired) electrons. The summed E-state index contributed by atoms with van der Waals surface area (Å²) in [4.78, 5) is 2.62. The molecule has 0 aromatic rings. The van der Waals surface area contributed by atoms with Crippen LogP contribution in [0.3, 0.4) is 0 Å². The summed E-state index contributed by atoms with van der Waals surface area (Å²) in [5.41, 5.74) is 0.00141. The van der Waals surface area contributed by atoms with Gasteiger partial charge in [0, 0.05) is 17.6 Å². The van der Waals surface area contributed by atoms with Crippen molar-refractivity contribution in [3.8, 4) is 0 Å². The fraction of sp³-hybridized carbons (Fsp3) is 1.00. The van der Waals surface area contributed by atoms with Crippen LogP contribution in [0.4, 0.5) is 0 Å². The van der Waals surface area contributed by atoms with Gasteiger partial charge in [0.05, 0.1) is 6.61 Å². The summed E-state index contributed by atoms with van der Waals surface area (Å²) in [5.74, 6) is 0. The minimum atomic E-state index is 0.00141. The Kier molecular flexibility index (Phi) is 3.88. The second kappa shape index (κ2) is 5.03. The summed E-state index contributed by atoms with van der Waals surface area (Å²) < 4.78 is 0. The van der Waals surface area contributed by atoms with E-state index in [9.17, 15) is 5.11 Å². The van der Waals surface area contributed by atoms with Gasteiger partial charge < -0.3 is 15.3 Å². The molecule has 16 heavy (non-hydrogen) atoms. The first kappa shape index (κ1) is 12.3. The van der Waals surface area contributed by atoms with Gasteiger partial charge in [-0.2, -0.15) is 0 Å². The lowest BCUT2D eigenvalue weighted by molar-refractivity contribution is 0.142. The Hall–Kier alpha value is -0.120. The zero-order valence-corrected chi connectivity index (χ0v) is 10.7. The zero-order valence-electron chi connectivity index (χ0n) is 10.7. The van der Waals surface area contributed by atoms with Crippen LogP contribution in [-0.4, -0.2) is 47.3 Å². The van der Waals surface area contributed by atoms with Gasteiger partial charge in [-0.15, -0.1) is 0 Å². The number of nitrogens with one attached hydrogen (secondary N) is 1. The zero-order chi connectivity index (χ0) is 11.6. The van der Waals surface area contributed by atoms with Gasteiger partial charge >= 0.3 is 0 Å². The van der Waals surface area contributed by atoms with Crippen molar-refractivity contribution in [2.45, 2.75) is 63.6 Å². The Morgan fingerprint density at radius 3 is 2.62 bits per heavy atom. The van der Waals surface area contributed by atoms with Crippen molar-refractivity contribution < 1.29 is 5.11 Å². The highest BCUT2D eigenvalue weighted by Crippen LogP contribution is 2.34. The van der Waals surface area contributed by atoms with E-state index in [2.05, 4.69) is 24.1 Å². The van der Waals surface area contributed by atoms with Gasteiger partial charge in [-0.25, -0.2) is 0 Å². The summed E-state index contributed by atoms with van der Waals surface area (Å²) in [5, 5.41) is 13.2. The van der Waals surface area contributed by atoms with E-state index in [1.165, 1.54) is 32.4 Å². The maximum Gasteiger partial charge on any atom is 0.0614 e. The molecule has 1 heterocycles. The fourth-order valence-corrected chi connectivity index (χ4v) is 3.45. The molecule has 2 fully saturated rings. The number of aliphatic hydroxyl groups is 1. The van der Waals surface area contributed by atoms with Crippen LogP contribution < -0.4 is 5.32 Å². The number of hydrogen-bond acceptors (Lipinski definition) is 3. The predicted octanol–water partition coefficient (Wildman–Crippen LogP) is 1.36. The molecule has 3 nitrogen and oxygen atoms in total. The summed E-state index contributed by atoms with van der Waals surface area (Å²) in [6.07, 6.45) is 6.23. The van der Waals surface area contributed by atoms with Gasteiger partial charge in [0.25, 0.3) is 0 Å². The number of aliphatic hydroxyl groups excluding tert-OH is 1. The molecule has 94 valence electrons. The highest BCUT2D eigenvalue weighted by molar-refractivity contribution is 5.00. The van der Waals surface area contributed by atoms with Crippen molar-refractivity contribution in [3.05, 3.63) is 0 Å². The molecule has 3 heteroatoms. The van der Waals surface area contributed by atoms with Crippen LogP contribution in [0.25, 0.3) is 0 Å². The monoisotopic (exact) mass is 226 g/mol. The molecule has 1 saturated carbocycles. The Morgan fingerprint density at radius 1 is 1.38 bits per heavy atom. The molecular formula is C13H26N2O. The molecule has 2 N–H and O–H groups in total. The van der Waals surface area contributed by atoms with Crippen LogP contribution >= 0.6 is 0 Å². The van der Waals surface area contributed by atoms with Gasteiger partial charge in [-0.3, -0.25) is 0 Å². The largest absolute Gasteiger partial charge is 0.394 e. The second-order valence-electron chi connectivity index (χ2n) is 5.88. The van der Waals surface area contributed by atoms with Gasteiger partial charge in [-0.1, -0.05) is 13.8 Å². The quantitative estimate of drug-likeness (QED) is 0.760. The Bertz CT molecular complexity index is 226. The summed E-state index contributed by atoms with van der Waals surface area (Å²) in [6.45, 7) is 7.17. The standard InChI is InChI=1S/C13H26N2O/c1-11(2)14-13(10-16)6-5-12(9-13)15-7-3-4-8-15/h11-12,14,16H,3-10H2,1-2H3. The SMILES string of the molecule is CC(C)NC1(CO)CCC(N2CCCC2)C1. The maximum absolute atomic E-state index is 9.64. The fourth-order valence-electron chi connectivity index (χ4n) is 3.45. The minimum absolute atomic E-state index is 0.00141. The van der Waals surface area contributed by atoms with E-state index in [0.29, 0.717) is 12.1 Å². The first-order valence-electron chi connectivity index (χ1n) is 6.78. The van der Waals surface area contributed by atoms with Crippen LogP contribution in [0.5, 0.6) is 0 Å². The number of likely N-dealkylation sites (tertiary alicyclic amines) is 1. The molecule has 0 spiro atoms. The van der Waals surface area contributed by atoms with E-state index in [4.69, 9.17) is 0 Å². The molecule has 0 bridgehead atoms. The molecule has 2 atom stereocenters. The normalized spacial score (nSPS) is 36.4. The highest BCUT2D eigenvalue weighted by atomic mass is 16.3. The second-order valence-corrected chi connectivity index (χ2v) is 5.88. The molecule has 2 aliphatic rings. The van der Waals surface area contributed by atoms with Crippen molar-refractivity contribution in [1.29, 1.82) is 0 Å². The molecular weight excluding hydrogens is 200 g/mol. The molecule has 2 unspecified atom stereocenters. The molecule has 1 aliphatic heterocycles. The topological polar surface area (TPSA) is 35.5 Å². The number of nitrogens with zero attached hydrogens (tertiary/aromatic N) is 1. The summed E-state index contributed by atoms with van der Waals surface area (Å²) in [6, 6.07) is 1.17. The van der Waals surface area contributed by atoms with E-state index in [1.54, 1.807) is 0 Å². The molecule has 2 rings (SSSR count). The van der Waals surface area contributed by atoms with E-state index < -0.39 is 0 Å². The number of rotatable bonds is 4. The summed E-state index contributed by atoms with van der Waals surface area (Å²) in [7, 11) is 0. The van der Waals surface area contributed by atoms with Gasteiger partial charge in [0.1, 0.15) is 0 Å². The van der Waals surface area contributed by atoms with E-state index in [-0.39, 0.29) is 12.1 Å². The Balaban J connectivity index is 1.93. The van der Waals surface area contributed by atoms with Crippen LogP contribution in [0.1, 0.15) is 46.0 Å². The average molecular weight is 226 g/mol. The smallest absolute Gasteiger partial charge is 0.0614 e. The third-order valence-electron chi connectivity index (χ3n) is 4.14. The van der Waals surface area contributed by atoms with Gasteiger partial charge in [0.2, 0.25) is 0 Å². The van der Waals surface area contributed by atoms with Crippen LogP contribution in [0, 0.1) is 0 Å². The van der Waals surface area contributed by atoms with Crippen molar-refractivity contribution in [3.63, 3.8) is 0 Å². The van der Waals surface area contributed by atoms with Crippen LogP contribution in [-0.2, 0) is 0 Å². The maximum atomic E-state index is 9.64. The highest BCUT2D eigenvalue weighted by Gasteiger charge is 2.41. The van der Waals surface area contributed by atoms with Crippen molar-refractivity contribution in [2.24, 2.45) is 0 Å². The lowest BCUT2D eigenvalue weighted by Gasteiger charge is -2.32. The van der Waals surface area contributed by atoms with Crippen molar-refractivity contribution >= 4 is 0 Å². The third kappa shape index (κ3) is 2.58. The Labute approximate surface area is 99.2 Å². The molecule has 0 amide bonds. The minimum Gasteiger partial charge on any atom is -0.394 e. The van der Waals surface area contributed by atoms with Crippen LogP contribution in [0.2, 0.25) is 0 Å². The molecule has 0 aromatic heterocycles. The average Bonchev–Trinajstić information content (AvgIpc) is 2.85. The molecule has 1 saturated heterocycles. The lowest BCUT2D eigenvalue weighted by Crippen LogP contribution is -2.50. The molecule has 0 aromatic carbocycles. The van der Waals surface area contributed by atoms with Gasteiger partial charge in [-0.05, 0) is 45.2 Å². The van der Waals surface area contributed by atoms with E-state index in [0.717, 1.165) is 12.8 Å². The molecule has 1 aliphatic carbocycles. The predicted molar refractivity (Wildman–Crippen MR) is 66.5 cm³/mol. The van der Waals surface area contributed by atoms with E-state index in [1.807, 2.05) is 0 Å². The van der Waals surface area contributed by atoms with E-state index >= 15 is 0 Å². The van der Waals surface area contributed by atoms with Crippen molar-refractivity contribution in [1.82, 2.24) is 10.2 Å². The first-order valence-corrected chi connectivity index (χ1v) is 6.78. The lowest BCUT2D eigenvalue weighted by atomic mass is 9.97.